The number of amidine groups is 1. The Kier molecular flexibility index (Phi) is 9.29. The number of phenolic OH excluding ortho intramolecular Hbond substituents is 1. The summed E-state index contributed by atoms with van der Waals surface area (Å²) in [7, 11) is 0. The zero-order chi connectivity index (χ0) is 25.7. The van der Waals surface area contributed by atoms with Crippen molar-refractivity contribution < 1.29 is 14.6 Å². The van der Waals surface area contributed by atoms with Crippen molar-refractivity contribution in [1.29, 1.82) is 5.41 Å². The highest BCUT2D eigenvalue weighted by Gasteiger charge is 2.57. The highest BCUT2D eigenvalue weighted by atomic mass is 32.2. The second-order valence-electron chi connectivity index (χ2n) is 11.8. The minimum Gasteiger partial charge on any atom is -0.508 e. The number of nitrogens with two attached hydrogens (primary N) is 1. The lowest BCUT2D eigenvalue weighted by atomic mass is 9.52. The molecular formula is C30H46N2O3S. The van der Waals surface area contributed by atoms with Gasteiger partial charge in [-0.2, -0.15) is 0 Å². The van der Waals surface area contributed by atoms with Gasteiger partial charge in [-0.15, -0.1) is 0 Å². The molecule has 3 aliphatic carbocycles. The predicted octanol–water partition coefficient (Wildman–Crippen LogP) is 7.15. The third kappa shape index (κ3) is 6.23. The quantitative estimate of drug-likeness (QED) is 0.126. The van der Waals surface area contributed by atoms with Crippen LogP contribution in [-0.2, 0) is 16.0 Å². The Morgan fingerprint density at radius 3 is 2.58 bits per heavy atom. The zero-order valence-electron chi connectivity index (χ0n) is 22.3. The number of fused-ring (bicyclic) bond motifs is 5. The topological polar surface area (TPSA) is 96.4 Å². The first-order valence-electron chi connectivity index (χ1n) is 14.3. The molecule has 1 aromatic carbocycles. The van der Waals surface area contributed by atoms with Gasteiger partial charge >= 0.3 is 5.97 Å². The number of ether oxygens (including phenoxy) is 1. The van der Waals surface area contributed by atoms with E-state index < -0.39 is 0 Å². The summed E-state index contributed by atoms with van der Waals surface area (Å²) in [4.78, 5) is 11.8. The largest absolute Gasteiger partial charge is 0.508 e. The molecule has 4 rings (SSSR count). The second kappa shape index (κ2) is 12.2. The van der Waals surface area contributed by atoms with Gasteiger partial charge in [0.25, 0.3) is 0 Å². The van der Waals surface area contributed by atoms with Gasteiger partial charge in [0.15, 0.2) is 5.17 Å². The number of phenols is 1. The minimum absolute atomic E-state index is 0.0664. The fraction of sp³-hybridized carbons (Fsp3) is 0.733. The Labute approximate surface area is 221 Å². The molecule has 6 atom stereocenters. The third-order valence-corrected chi connectivity index (χ3v) is 10.4. The van der Waals surface area contributed by atoms with Gasteiger partial charge in [0.1, 0.15) is 11.9 Å². The molecule has 5 nitrogen and oxygen atoms in total. The van der Waals surface area contributed by atoms with E-state index in [1.165, 1.54) is 74.3 Å². The number of hydrogen-bond acceptors (Lipinski definition) is 5. The van der Waals surface area contributed by atoms with Crippen molar-refractivity contribution >= 4 is 22.9 Å². The first-order valence-corrected chi connectivity index (χ1v) is 15.2. The van der Waals surface area contributed by atoms with Gasteiger partial charge in [0.05, 0.1) is 0 Å². The summed E-state index contributed by atoms with van der Waals surface area (Å²) in [5.74, 6) is 3.71. The maximum atomic E-state index is 11.8. The molecule has 0 bridgehead atoms. The molecule has 0 amide bonds. The van der Waals surface area contributed by atoms with Gasteiger partial charge in [-0.3, -0.25) is 10.2 Å². The molecule has 2 saturated carbocycles. The Morgan fingerprint density at radius 2 is 1.86 bits per heavy atom. The first-order chi connectivity index (χ1) is 17.3. The van der Waals surface area contributed by atoms with E-state index in [4.69, 9.17) is 15.9 Å². The smallest absolute Gasteiger partial charge is 0.302 e. The summed E-state index contributed by atoms with van der Waals surface area (Å²) >= 11 is 1.45. The van der Waals surface area contributed by atoms with Crippen molar-refractivity contribution in [3.8, 4) is 5.75 Å². The van der Waals surface area contributed by atoms with Crippen LogP contribution in [0.2, 0.25) is 0 Å². The van der Waals surface area contributed by atoms with Crippen LogP contribution in [0.1, 0.15) is 108 Å². The number of aromatic hydroxyl groups is 1. The number of esters is 1. The second-order valence-corrected chi connectivity index (χ2v) is 13.0. The summed E-state index contributed by atoms with van der Waals surface area (Å²) in [6.07, 6.45) is 15.7. The van der Waals surface area contributed by atoms with Gasteiger partial charge in [-0.05, 0) is 91.9 Å². The van der Waals surface area contributed by atoms with Crippen LogP contribution in [0.3, 0.4) is 0 Å². The lowest BCUT2D eigenvalue weighted by Gasteiger charge is -2.53. The highest BCUT2D eigenvalue weighted by molar-refractivity contribution is 8.13. The lowest BCUT2D eigenvalue weighted by Crippen LogP contribution is -2.48. The molecule has 0 aliphatic heterocycles. The molecular weight excluding hydrogens is 468 g/mol. The van der Waals surface area contributed by atoms with Crippen LogP contribution in [0.5, 0.6) is 5.75 Å². The fourth-order valence-corrected chi connectivity index (χ4v) is 8.55. The Morgan fingerprint density at radius 1 is 1.14 bits per heavy atom. The number of unbranched alkanes of at least 4 members (excludes halogenated alkanes) is 6. The summed E-state index contributed by atoms with van der Waals surface area (Å²) in [5, 5.41) is 17.7. The van der Waals surface area contributed by atoms with E-state index in [0.717, 1.165) is 37.9 Å². The number of benzene rings is 1. The van der Waals surface area contributed by atoms with Crippen LogP contribution in [0.4, 0.5) is 0 Å². The number of rotatable bonds is 11. The van der Waals surface area contributed by atoms with Crippen LogP contribution in [-0.4, -0.2) is 28.1 Å². The van der Waals surface area contributed by atoms with Gasteiger partial charge in [0.2, 0.25) is 0 Å². The molecule has 0 saturated heterocycles. The molecule has 0 spiro atoms. The molecule has 0 heterocycles. The zero-order valence-corrected chi connectivity index (χ0v) is 23.1. The van der Waals surface area contributed by atoms with E-state index in [-0.39, 0.29) is 22.7 Å². The number of nitrogens with one attached hydrogen (secondary N) is 1. The average Bonchev–Trinajstić information content (AvgIpc) is 3.15. The first kappa shape index (κ1) is 27.3. The van der Waals surface area contributed by atoms with E-state index in [1.807, 2.05) is 12.1 Å². The molecule has 6 heteroatoms. The standard InChI is InChI=1S/C30H46N2O3S/c1-20(33)35-27-14-13-26-28-21(10-8-6-4-3-5-7-9-17-36-29(31)32)18-22-19-23(34)11-12-24(22)25(28)15-16-30(26,27)2/h11-12,19,21,25-28,34H,3-10,13-18H2,1-2H3,(H3,31,32)/t21?,25?,26?,27-,28?,30-/m0/s1. The molecule has 3 aliphatic rings. The van der Waals surface area contributed by atoms with Crippen molar-refractivity contribution in [3.05, 3.63) is 29.3 Å². The van der Waals surface area contributed by atoms with E-state index >= 15 is 0 Å². The molecule has 36 heavy (non-hydrogen) atoms. The fourth-order valence-electron chi connectivity index (χ4n) is 7.98. The van der Waals surface area contributed by atoms with Gasteiger partial charge in [0, 0.05) is 18.1 Å². The summed E-state index contributed by atoms with van der Waals surface area (Å²) in [5.41, 5.74) is 8.33. The van der Waals surface area contributed by atoms with Crippen molar-refractivity contribution in [2.45, 2.75) is 109 Å². The molecule has 2 fully saturated rings. The van der Waals surface area contributed by atoms with Gasteiger partial charge in [-0.25, -0.2) is 0 Å². The molecule has 200 valence electrons. The monoisotopic (exact) mass is 514 g/mol. The normalized spacial score (nSPS) is 30.8. The summed E-state index contributed by atoms with van der Waals surface area (Å²) in [6, 6.07) is 6.08. The van der Waals surface area contributed by atoms with Gasteiger partial charge in [-0.1, -0.05) is 63.3 Å². The number of hydrogen-bond donors (Lipinski definition) is 3. The van der Waals surface area contributed by atoms with Crippen molar-refractivity contribution in [2.24, 2.45) is 28.9 Å². The summed E-state index contributed by atoms with van der Waals surface area (Å²) < 4.78 is 5.87. The van der Waals surface area contributed by atoms with Crippen LogP contribution < -0.4 is 5.73 Å². The molecule has 0 radical (unpaired) electrons. The Balaban J connectivity index is 1.35. The third-order valence-electron chi connectivity index (χ3n) is 9.58. The van der Waals surface area contributed by atoms with Crippen LogP contribution >= 0.6 is 11.8 Å². The van der Waals surface area contributed by atoms with Gasteiger partial charge < -0.3 is 15.6 Å². The average molecular weight is 515 g/mol. The number of thioether (sulfide) groups is 1. The van der Waals surface area contributed by atoms with E-state index in [0.29, 0.717) is 29.4 Å². The lowest BCUT2D eigenvalue weighted by molar-refractivity contribution is -0.155. The molecule has 0 aromatic heterocycles. The molecule has 4 unspecified atom stereocenters. The molecule has 1 aromatic rings. The Hall–Kier alpha value is -1.69. The maximum absolute atomic E-state index is 11.8. The van der Waals surface area contributed by atoms with E-state index in [9.17, 15) is 9.90 Å². The van der Waals surface area contributed by atoms with Crippen molar-refractivity contribution in [3.63, 3.8) is 0 Å². The van der Waals surface area contributed by atoms with Crippen molar-refractivity contribution in [2.75, 3.05) is 5.75 Å². The maximum Gasteiger partial charge on any atom is 0.302 e. The van der Waals surface area contributed by atoms with Crippen molar-refractivity contribution in [1.82, 2.24) is 0 Å². The molecule has 4 N–H and O–H groups in total. The van der Waals surface area contributed by atoms with Crippen LogP contribution in [0, 0.1) is 28.6 Å². The van der Waals surface area contributed by atoms with E-state index in [1.54, 1.807) is 6.92 Å². The van der Waals surface area contributed by atoms with Crippen LogP contribution in [0.25, 0.3) is 0 Å². The highest BCUT2D eigenvalue weighted by Crippen LogP contribution is 2.63. The van der Waals surface area contributed by atoms with E-state index in [2.05, 4.69) is 13.0 Å². The minimum atomic E-state index is -0.136. The summed E-state index contributed by atoms with van der Waals surface area (Å²) in [6.45, 7) is 3.95. The van der Waals surface area contributed by atoms with Crippen LogP contribution in [0.15, 0.2) is 18.2 Å². The predicted molar refractivity (Wildman–Crippen MR) is 148 cm³/mol. The number of carbonyl (C=O) groups excluding carboxylic acids is 1. The number of carbonyl (C=O) groups is 1. The Bertz CT molecular complexity index is 921. The SMILES string of the molecule is CC(=O)O[C@H]1CCC2C3C(CCCCCCCCCSC(=N)N)Cc4cc(O)ccc4C3CC[C@@]21C.